The number of hydrogen-bond donors (Lipinski definition) is 0. The molecule has 126 valence electrons. The van der Waals surface area contributed by atoms with Crippen LogP contribution in [0.15, 0.2) is 23.7 Å². The average Bonchev–Trinajstić information content (AvgIpc) is 3.34. The Morgan fingerprint density at radius 3 is 3.00 bits per heavy atom. The summed E-state index contributed by atoms with van der Waals surface area (Å²) >= 11 is 1.66. The first-order valence-corrected chi connectivity index (χ1v) is 9.36. The molecule has 2 aromatic rings. The molecule has 2 aromatic heterocycles. The van der Waals surface area contributed by atoms with Crippen molar-refractivity contribution >= 4 is 23.0 Å². The average molecular weight is 344 g/mol. The second kappa shape index (κ2) is 6.47. The van der Waals surface area contributed by atoms with E-state index in [4.69, 9.17) is 0 Å². The summed E-state index contributed by atoms with van der Waals surface area (Å²) < 4.78 is 1.70. The molecule has 0 aromatic carbocycles. The summed E-state index contributed by atoms with van der Waals surface area (Å²) in [5.74, 6) is 0.258. The topological polar surface area (TPSA) is 68.1 Å². The van der Waals surface area contributed by atoms with Crippen LogP contribution in [0.25, 0.3) is 0 Å². The molecule has 4 rings (SSSR count). The highest BCUT2D eigenvalue weighted by atomic mass is 32.1. The van der Waals surface area contributed by atoms with Gasteiger partial charge in [0.15, 0.2) is 5.69 Å². The highest BCUT2D eigenvalue weighted by Crippen LogP contribution is 2.33. The van der Waals surface area contributed by atoms with Gasteiger partial charge in [0.05, 0.1) is 12.7 Å². The molecule has 2 unspecified atom stereocenters. The summed E-state index contributed by atoms with van der Waals surface area (Å²) in [6, 6.07) is 4.09. The van der Waals surface area contributed by atoms with Crippen molar-refractivity contribution in [1.29, 1.82) is 0 Å². The van der Waals surface area contributed by atoms with E-state index in [1.165, 1.54) is 4.88 Å². The minimum atomic E-state index is -0.0883. The summed E-state index contributed by atoms with van der Waals surface area (Å²) in [5, 5.41) is 10.2. The van der Waals surface area contributed by atoms with Crippen molar-refractivity contribution in [2.24, 2.45) is 5.92 Å². The monoisotopic (exact) mass is 344 g/mol. The first-order valence-electron chi connectivity index (χ1n) is 8.48. The molecule has 0 radical (unpaired) electrons. The van der Waals surface area contributed by atoms with Crippen molar-refractivity contribution in [1.82, 2.24) is 19.9 Å². The van der Waals surface area contributed by atoms with Crippen molar-refractivity contribution in [2.45, 2.75) is 44.7 Å². The van der Waals surface area contributed by atoms with Crippen molar-refractivity contribution in [2.75, 3.05) is 6.54 Å². The Hall–Kier alpha value is -2.02. The highest BCUT2D eigenvalue weighted by Gasteiger charge is 2.40. The van der Waals surface area contributed by atoms with Gasteiger partial charge in [0.2, 0.25) is 0 Å². The molecular weight excluding hydrogens is 324 g/mol. The van der Waals surface area contributed by atoms with Crippen LogP contribution in [0, 0.1) is 5.92 Å². The van der Waals surface area contributed by atoms with Crippen LogP contribution in [0.5, 0.6) is 0 Å². The van der Waals surface area contributed by atoms with Crippen LogP contribution in [0.3, 0.4) is 0 Å². The van der Waals surface area contributed by atoms with Gasteiger partial charge in [0, 0.05) is 29.8 Å². The van der Waals surface area contributed by atoms with Crippen LogP contribution in [0.4, 0.5) is 0 Å². The van der Waals surface area contributed by atoms with E-state index >= 15 is 0 Å². The highest BCUT2D eigenvalue weighted by molar-refractivity contribution is 7.09. The summed E-state index contributed by atoms with van der Waals surface area (Å²) in [7, 11) is 0. The van der Waals surface area contributed by atoms with Crippen molar-refractivity contribution in [3.63, 3.8) is 0 Å². The van der Waals surface area contributed by atoms with E-state index in [1.54, 1.807) is 22.2 Å². The van der Waals surface area contributed by atoms with Crippen LogP contribution in [-0.2, 0) is 11.3 Å². The first kappa shape index (κ1) is 15.5. The number of aromatic nitrogens is 3. The molecule has 1 aliphatic carbocycles. The lowest BCUT2D eigenvalue weighted by Gasteiger charge is -2.27. The van der Waals surface area contributed by atoms with Crippen LogP contribution in [-0.4, -0.2) is 44.2 Å². The molecule has 3 heterocycles. The number of rotatable bonds is 4. The fourth-order valence-electron chi connectivity index (χ4n) is 3.90. The number of hydrogen-bond acceptors (Lipinski definition) is 5. The quantitative estimate of drug-likeness (QED) is 0.854. The maximum atomic E-state index is 12.8. The third-order valence-electron chi connectivity index (χ3n) is 5.03. The zero-order chi connectivity index (χ0) is 16.5. The molecule has 0 spiro atoms. The van der Waals surface area contributed by atoms with Crippen molar-refractivity contribution < 1.29 is 9.59 Å². The van der Waals surface area contributed by atoms with Crippen LogP contribution in [0.1, 0.15) is 47.5 Å². The van der Waals surface area contributed by atoms with Crippen LogP contribution in [0.2, 0.25) is 0 Å². The van der Waals surface area contributed by atoms with E-state index in [9.17, 15) is 9.59 Å². The van der Waals surface area contributed by atoms with Crippen LogP contribution >= 0.6 is 11.3 Å². The molecule has 2 atom stereocenters. The van der Waals surface area contributed by atoms with Gasteiger partial charge in [-0.2, -0.15) is 0 Å². The van der Waals surface area contributed by atoms with Gasteiger partial charge in [-0.05, 0) is 37.1 Å². The summed E-state index contributed by atoms with van der Waals surface area (Å²) in [6.45, 7) is 1.34. The predicted molar refractivity (Wildman–Crippen MR) is 89.8 cm³/mol. The van der Waals surface area contributed by atoms with E-state index in [2.05, 4.69) is 10.3 Å². The molecule has 0 N–H and O–H groups in total. The summed E-state index contributed by atoms with van der Waals surface area (Å²) in [6.07, 6.45) is 6.14. The molecule has 1 aliphatic heterocycles. The summed E-state index contributed by atoms with van der Waals surface area (Å²) in [4.78, 5) is 27.9. The van der Waals surface area contributed by atoms with Crippen molar-refractivity contribution in [3.8, 4) is 0 Å². The second-order valence-corrected chi connectivity index (χ2v) is 7.59. The van der Waals surface area contributed by atoms with Gasteiger partial charge in [-0.15, -0.1) is 16.4 Å². The minimum Gasteiger partial charge on any atom is -0.333 e. The standard InChI is InChI=1S/C17H20N4O2S/c22-16-7-1-5-13(16)15-6-2-8-21(15)17(23)14-11-20(19-18-14)10-12-4-3-9-24-12/h3-4,9,11,13,15H,1-2,5-8,10H2. The first-order chi connectivity index (χ1) is 11.7. The predicted octanol–water partition coefficient (Wildman–Crippen LogP) is 2.36. The Bertz CT molecular complexity index is 740. The van der Waals surface area contributed by atoms with Gasteiger partial charge >= 0.3 is 0 Å². The SMILES string of the molecule is O=C1CCCC1C1CCCN1C(=O)c1cn(Cc2cccs2)nn1. The molecule has 1 saturated carbocycles. The molecule has 1 amide bonds. The van der Waals surface area contributed by atoms with E-state index < -0.39 is 0 Å². The van der Waals surface area contributed by atoms with Gasteiger partial charge < -0.3 is 4.90 Å². The molecule has 7 heteroatoms. The normalized spacial score (nSPS) is 24.0. The largest absolute Gasteiger partial charge is 0.333 e. The Morgan fingerprint density at radius 1 is 1.33 bits per heavy atom. The Morgan fingerprint density at radius 2 is 2.25 bits per heavy atom. The van der Waals surface area contributed by atoms with Gasteiger partial charge in [-0.3, -0.25) is 9.59 Å². The van der Waals surface area contributed by atoms with Gasteiger partial charge in [0.25, 0.3) is 5.91 Å². The maximum Gasteiger partial charge on any atom is 0.276 e. The minimum absolute atomic E-state index is 0.0256. The molecule has 0 bridgehead atoms. The molecule has 1 saturated heterocycles. The lowest BCUT2D eigenvalue weighted by Crippen LogP contribution is -2.41. The number of thiophene rings is 1. The third-order valence-corrected chi connectivity index (χ3v) is 5.89. The van der Waals surface area contributed by atoms with E-state index in [0.29, 0.717) is 31.0 Å². The fourth-order valence-corrected chi connectivity index (χ4v) is 4.59. The van der Waals surface area contributed by atoms with Crippen molar-refractivity contribution in [3.05, 3.63) is 34.3 Å². The number of carbonyl (C=O) groups excluding carboxylic acids is 2. The molecular formula is C17H20N4O2S. The maximum absolute atomic E-state index is 12.8. The number of likely N-dealkylation sites (tertiary alicyclic amines) is 1. The smallest absolute Gasteiger partial charge is 0.276 e. The third kappa shape index (κ3) is 2.88. The molecule has 2 fully saturated rings. The lowest BCUT2D eigenvalue weighted by molar-refractivity contribution is -0.121. The molecule has 2 aliphatic rings. The summed E-state index contributed by atoms with van der Waals surface area (Å²) in [5.41, 5.74) is 0.379. The zero-order valence-corrected chi connectivity index (χ0v) is 14.2. The van der Waals surface area contributed by atoms with E-state index in [1.807, 2.05) is 22.4 Å². The number of amides is 1. The second-order valence-electron chi connectivity index (χ2n) is 6.55. The number of Topliss-reactive ketones (excluding diaryl/α,β-unsaturated/α-hetero) is 1. The number of carbonyl (C=O) groups is 2. The van der Waals surface area contributed by atoms with E-state index in [-0.39, 0.29) is 17.9 Å². The van der Waals surface area contributed by atoms with Gasteiger partial charge in [0.1, 0.15) is 5.78 Å². The fraction of sp³-hybridized carbons (Fsp3) is 0.529. The molecule has 24 heavy (non-hydrogen) atoms. The Kier molecular flexibility index (Phi) is 4.18. The van der Waals surface area contributed by atoms with Crippen LogP contribution < -0.4 is 0 Å². The Balaban J connectivity index is 1.48. The van der Waals surface area contributed by atoms with Gasteiger partial charge in [-0.25, -0.2) is 4.68 Å². The van der Waals surface area contributed by atoms with E-state index in [0.717, 1.165) is 25.7 Å². The number of ketones is 1. The zero-order valence-electron chi connectivity index (χ0n) is 13.4. The Labute approximate surface area is 144 Å². The number of nitrogens with zero attached hydrogens (tertiary/aromatic N) is 4. The molecule has 6 nitrogen and oxygen atoms in total. The lowest BCUT2D eigenvalue weighted by atomic mass is 9.95. The van der Waals surface area contributed by atoms with Gasteiger partial charge in [-0.1, -0.05) is 11.3 Å².